The maximum atomic E-state index is 12.5. The van der Waals surface area contributed by atoms with Crippen LogP contribution >= 0.6 is 0 Å². The Labute approximate surface area is 166 Å². The monoisotopic (exact) mass is 386 g/mol. The largest absolute Gasteiger partial charge is 0.334 e. The summed E-state index contributed by atoms with van der Waals surface area (Å²) >= 11 is 0. The second-order valence-corrected chi connectivity index (χ2v) is 7.12. The topological polar surface area (TPSA) is 98.7 Å². The normalized spacial score (nSPS) is 13.4. The van der Waals surface area contributed by atoms with Crippen molar-refractivity contribution in [2.75, 3.05) is 5.32 Å². The van der Waals surface area contributed by atoms with Gasteiger partial charge in [-0.25, -0.2) is 9.97 Å². The molecular weight excluding hydrogens is 368 g/mol. The van der Waals surface area contributed by atoms with E-state index in [0.29, 0.717) is 23.3 Å². The number of aromatic nitrogens is 5. The van der Waals surface area contributed by atoms with Crippen LogP contribution in [0.3, 0.4) is 0 Å². The number of hydrogen-bond donors (Lipinski definition) is 1. The number of rotatable bonds is 5. The first kappa shape index (κ1) is 17.3. The maximum absolute atomic E-state index is 12.5. The van der Waals surface area contributed by atoms with E-state index in [1.54, 1.807) is 23.3 Å². The van der Waals surface area contributed by atoms with Gasteiger partial charge >= 0.3 is 0 Å². The first-order valence-electron chi connectivity index (χ1n) is 9.38. The summed E-state index contributed by atoms with van der Waals surface area (Å²) in [7, 11) is 0. The molecule has 0 aliphatic heterocycles. The fourth-order valence-electron chi connectivity index (χ4n) is 3.04. The number of amides is 1. The molecule has 8 nitrogen and oxygen atoms in total. The van der Waals surface area contributed by atoms with Crippen LogP contribution in [0.15, 0.2) is 59.6 Å². The van der Waals surface area contributed by atoms with E-state index in [-0.39, 0.29) is 5.91 Å². The average Bonchev–Trinajstić information content (AvgIpc) is 3.26. The molecule has 1 aromatic carbocycles. The number of nitrogens with one attached hydrogen (secondary N) is 1. The minimum Gasteiger partial charge on any atom is -0.334 e. The number of pyridine rings is 1. The highest BCUT2D eigenvalue weighted by atomic mass is 16.5. The highest BCUT2D eigenvalue weighted by Crippen LogP contribution is 2.38. The molecule has 0 saturated heterocycles. The molecular formula is C21H18N6O2. The summed E-state index contributed by atoms with van der Waals surface area (Å²) in [6, 6.07) is 11.3. The summed E-state index contributed by atoms with van der Waals surface area (Å²) in [6.45, 7) is 1.97. The first-order valence-corrected chi connectivity index (χ1v) is 9.38. The lowest BCUT2D eigenvalue weighted by Crippen LogP contribution is -2.12. The van der Waals surface area contributed by atoms with Gasteiger partial charge in [0.25, 0.3) is 11.8 Å². The highest BCUT2D eigenvalue weighted by Gasteiger charge is 2.29. The van der Waals surface area contributed by atoms with E-state index in [1.165, 1.54) is 0 Å². The zero-order chi connectivity index (χ0) is 19.8. The number of benzene rings is 1. The minimum atomic E-state index is -0.281. The van der Waals surface area contributed by atoms with Gasteiger partial charge in [-0.1, -0.05) is 17.3 Å². The number of nitrogens with zero attached hydrogens (tertiary/aromatic N) is 5. The van der Waals surface area contributed by atoms with Crippen LogP contribution in [0.25, 0.3) is 17.3 Å². The Kier molecular flexibility index (Phi) is 4.16. The molecule has 29 heavy (non-hydrogen) atoms. The van der Waals surface area contributed by atoms with Gasteiger partial charge in [-0.3, -0.25) is 9.36 Å². The Bertz CT molecular complexity index is 1190. The van der Waals surface area contributed by atoms with E-state index < -0.39 is 0 Å². The number of hydrogen-bond acceptors (Lipinski definition) is 6. The molecule has 0 radical (unpaired) electrons. The summed E-state index contributed by atoms with van der Waals surface area (Å²) in [4.78, 5) is 25.5. The highest BCUT2D eigenvalue weighted by molar-refractivity contribution is 6.02. The van der Waals surface area contributed by atoms with Crippen molar-refractivity contribution < 1.29 is 9.32 Å². The van der Waals surface area contributed by atoms with E-state index in [9.17, 15) is 4.79 Å². The third-order valence-electron chi connectivity index (χ3n) is 4.73. The van der Waals surface area contributed by atoms with Crippen LogP contribution in [-0.2, 0) is 0 Å². The summed E-state index contributed by atoms with van der Waals surface area (Å²) < 4.78 is 7.07. The first-order chi connectivity index (χ1) is 14.2. The lowest BCUT2D eigenvalue weighted by atomic mass is 10.2. The van der Waals surface area contributed by atoms with E-state index >= 15 is 0 Å². The van der Waals surface area contributed by atoms with Gasteiger partial charge in [-0.15, -0.1) is 0 Å². The molecule has 5 rings (SSSR count). The smallest absolute Gasteiger partial charge is 0.275 e. The predicted octanol–water partition coefficient (Wildman–Crippen LogP) is 3.76. The second kappa shape index (κ2) is 6.97. The SMILES string of the molecule is Cc1cccc(NC(=O)c2cn(-c3cc(-c4nc(C5CC5)no4)ccn3)cn2)c1. The molecule has 3 heterocycles. The number of carbonyl (C=O) groups excluding carboxylic acids is 1. The molecule has 8 heteroatoms. The van der Waals surface area contributed by atoms with Crippen LogP contribution in [0.2, 0.25) is 0 Å². The molecule has 1 amide bonds. The van der Waals surface area contributed by atoms with Gasteiger partial charge in [0.05, 0.1) is 0 Å². The van der Waals surface area contributed by atoms with Crippen molar-refractivity contribution in [3.8, 4) is 17.3 Å². The fourth-order valence-corrected chi connectivity index (χ4v) is 3.04. The molecule has 144 valence electrons. The second-order valence-electron chi connectivity index (χ2n) is 7.12. The molecule has 1 aliphatic rings. The lowest BCUT2D eigenvalue weighted by Gasteiger charge is -2.04. The van der Waals surface area contributed by atoms with Crippen molar-refractivity contribution in [2.45, 2.75) is 25.7 Å². The summed E-state index contributed by atoms with van der Waals surface area (Å²) in [6.07, 6.45) is 7.09. The van der Waals surface area contributed by atoms with E-state index in [1.807, 2.05) is 43.3 Å². The van der Waals surface area contributed by atoms with Crippen molar-refractivity contribution >= 4 is 11.6 Å². The van der Waals surface area contributed by atoms with Crippen molar-refractivity contribution in [3.63, 3.8) is 0 Å². The van der Waals surface area contributed by atoms with E-state index in [2.05, 4.69) is 25.4 Å². The van der Waals surface area contributed by atoms with Gasteiger partial charge in [0.1, 0.15) is 17.8 Å². The molecule has 1 N–H and O–H groups in total. The third kappa shape index (κ3) is 3.64. The molecule has 1 aliphatic carbocycles. The van der Waals surface area contributed by atoms with Gasteiger partial charge in [-0.05, 0) is 49.6 Å². The zero-order valence-corrected chi connectivity index (χ0v) is 15.7. The van der Waals surface area contributed by atoms with Crippen LogP contribution in [0.1, 0.15) is 40.6 Å². The van der Waals surface area contributed by atoms with Crippen molar-refractivity contribution in [3.05, 3.63) is 72.2 Å². The summed E-state index contributed by atoms with van der Waals surface area (Å²) in [5.74, 6) is 1.98. The molecule has 4 aromatic rings. The molecule has 3 aromatic heterocycles. The van der Waals surface area contributed by atoms with Crippen LogP contribution in [0.4, 0.5) is 5.69 Å². The Morgan fingerprint density at radius 1 is 1.21 bits per heavy atom. The molecule has 1 fully saturated rings. The minimum absolute atomic E-state index is 0.281. The predicted molar refractivity (Wildman–Crippen MR) is 106 cm³/mol. The van der Waals surface area contributed by atoms with Gasteiger partial charge in [0, 0.05) is 29.6 Å². The van der Waals surface area contributed by atoms with Gasteiger partial charge in [0.2, 0.25) is 0 Å². The fraction of sp³-hybridized carbons (Fsp3) is 0.190. The maximum Gasteiger partial charge on any atom is 0.275 e. The van der Waals surface area contributed by atoms with Gasteiger partial charge in [-0.2, -0.15) is 4.98 Å². The number of aryl methyl sites for hydroxylation is 1. The summed E-state index contributed by atoms with van der Waals surface area (Å²) in [5, 5.41) is 6.90. The number of carbonyl (C=O) groups is 1. The van der Waals surface area contributed by atoms with E-state index in [0.717, 1.165) is 35.5 Å². The quantitative estimate of drug-likeness (QED) is 0.561. The Morgan fingerprint density at radius 2 is 2.10 bits per heavy atom. The summed E-state index contributed by atoms with van der Waals surface area (Å²) in [5.41, 5.74) is 2.87. The Hall–Kier alpha value is -3.81. The van der Waals surface area contributed by atoms with Gasteiger partial charge < -0.3 is 9.84 Å². The standard InChI is InChI=1S/C21H18N6O2/c1-13-3-2-4-16(9-13)24-20(28)17-11-27(12-23-17)18-10-15(7-8-22-18)21-25-19(26-29-21)14-5-6-14/h2-4,7-12,14H,5-6H2,1H3,(H,24,28). The molecule has 0 spiro atoms. The van der Waals surface area contributed by atoms with Crippen molar-refractivity contribution in [1.29, 1.82) is 0 Å². The lowest BCUT2D eigenvalue weighted by molar-refractivity contribution is 0.102. The number of anilines is 1. The average molecular weight is 386 g/mol. The van der Waals surface area contributed by atoms with Crippen molar-refractivity contribution in [1.82, 2.24) is 24.7 Å². The van der Waals surface area contributed by atoms with Crippen molar-refractivity contribution in [2.24, 2.45) is 0 Å². The third-order valence-corrected chi connectivity index (χ3v) is 4.73. The molecule has 0 unspecified atom stereocenters. The van der Waals surface area contributed by atoms with E-state index in [4.69, 9.17) is 4.52 Å². The molecule has 0 bridgehead atoms. The Morgan fingerprint density at radius 3 is 2.93 bits per heavy atom. The van der Waals surface area contributed by atoms with Crippen LogP contribution in [0, 0.1) is 6.92 Å². The zero-order valence-electron chi connectivity index (χ0n) is 15.7. The van der Waals surface area contributed by atoms with Crippen LogP contribution in [-0.4, -0.2) is 30.6 Å². The van der Waals surface area contributed by atoms with Crippen LogP contribution < -0.4 is 5.32 Å². The molecule has 0 atom stereocenters. The Balaban J connectivity index is 1.36. The number of imidazole rings is 1. The van der Waals surface area contributed by atoms with Gasteiger partial charge in [0.15, 0.2) is 5.82 Å². The molecule has 1 saturated carbocycles. The van der Waals surface area contributed by atoms with Crippen LogP contribution in [0.5, 0.6) is 0 Å².